The van der Waals surface area contributed by atoms with Crippen molar-refractivity contribution in [1.82, 2.24) is 4.90 Å². The maximum absolute atomic E-state index is 8.56. The number of halogens is 2. The van der Waals surface area contributed by atoms with Gasteiger partial charge in [-0.2, -0.15) is 5.26 Å². The number of rotatable bonds is 3. The Morgan fingerprint density at radius 1 is 1.22 bits per heavy atom. The summed E-state index contributed by atoms with van der Waals surface area (Å²) in [5.74, 6) is 0. The van der Waals surface area contributed by atoms with Crippen molar-refractivity contribution in [3.8, 4) is 6.07 Å². The van der Waals surface area contributed by atoms with Crippen LogP contribution in [0, 0.1) is 11.3 Å². The molecule has 1 fully saturated rings. The van der Waals surface area contributed by atoms with E-state index in [4.69, 9.17) is 16.9 Å². The first-order valence-corrected chi connectivity index (χ1v) is 6.27. The Morgan fingerprint density at radius 2 is 1.94 bits per heavy atom. The van der Waals surface area contributed by atoms with Crippen molar-refractivity contribution in [2.75, 3.05) is 37.6 Å². The molecule has 0 saturated carbocycles. The number of anilines is 1. The first-order valence-electron chi connectivity index (χ1n) is 5.89. The lowest BCUT2D eigenvalue weighted by molar-refractivity contribution is 0.263. The van der Waals surface area contributed by atoms with Gasteiger partial charge in [-0.3, -0.25) is 4.90 Å². The van der Waals surface area contributed by atoms with Crippen LogP contribution in [0.2, 0.25) is 5.02 Å². The van der Waals surface area contributed by atoms with E-state index in [1.165, 1.54) is 5.69 Å². The van der Waals surface area contributed by atoms with E-state index >= 15 is 0 Å². The predicted octanol–water partition coefficient (Wildman–Crippen LogP) is 2.80. The summed E-state index contributed by atoms with van der Waals surface area (Å²) >= 11 is 5.99. The zero-order valence-electron chi connectivity index (χ0n) is 10.2. The van der Waals surface area contributed by atoms with E-state index in [0.717, 1.165) is 37.7 Å². The first kappa shape index (κ1) is 15.1. The summed E-state index contributed by atoms with van der Waals surface area (Å²) in [6.07, 6.45) is 0.622. The van der Waals surface area contributed by atoms with Gasteiger partial charge in [0, 0.05) is 49.9 Å². The van der Waals surface area contributed by atoms with Crippen LogP contribution in [0.1, 0.15) is 6.42 Å². The molecule has 1 aromatic carbocycles. The molecule has 98 valence electrons. The van der Waals surface area contributed by atoms with Crippen molar-refractivity contribution in [2.24, 2.45) is 0 Å². The smallest absolute Gasteiger partial charge is 0.0635 e. The molecule has 1 aliphatic heterocycles. The van der Waals surface area contributed by atoms with Crippen molar-refractivity contribution in [1.29, 1.82) is 5.26 Å². The highest BCUT2D eigenvalue weighted by Crippen LogP contribution is 2.20. The maximum Gasteiger partial charge on any atom is 0.0635 e. The molecule has 1 saturated heterocycles. The minimum Gasteiger partial charge on any atom is -0.369 e. The largest absolute Gasteiger partial charge is 0.369 e. The summed E-state index contributed by atoms with van der Waals surface area (Å²) in [4.78, 5) is 4.68. The zero-order valence-corrected chi connectivity index (χ0v) is 11.8. The molecule has 0 bridgehead atoms. The quantitative estimate of drug-likeness (QED) is 0.856. The van der Waals surface area contributed by atoms with Crippen LogP contribution in [0.4, 0.5) is 5.69 Å². The molecule has 1 aliphatic rings. The molecule has 5 heteroatoms. The number of benzene rings is 1. The minimum absolute atomic E-state index is 0. The molecule has 2 rings (SSSR count). The van der Waals surface area contributed by atoms with Gasteiger partial charge in [0.25, 0.3) is 0 Å². The van der Waals surface area contributed by atoms with Gasteiger partial charge in [-0.1, -0.05) is 17.7 Å². The minimum atomic E-state index is 0. The molecule has 1 aromatic rings. The van der Waals surface area contributed by atoms with Gasteiger partial charge >= 0.3 is 0 Å². The summed E-state index contributed by atoms with van der Waals surface area (Å²) in [7, 11) is 0. The molecular weight excluding hydrogens is 269 g/mol. The van der Waals surface area contributed by atoms with Crippen molar-refractivity contribution in [3.05, 3.63) is 29.3 Å². The van der Waals surface area contributed by atoms with Crippen LogP contribution in [0.5, 0.6) is 0 Å². The SMILES string of the molecule is Cl.N#CCCN1CCN(c2cccc(Cl)c2)CC1. The molecule has 0 N–H and O–H groups in total. The molecule has 3 nitrogen and oxygen atoms in total. The van der Waals surface area contributed by atoms with Crippen molar-refractivity contribution in [2.45, 2.75) is 6.42 Å². The molecular formula is C13H17Cl2N3. The van der Waals surface area contributed by atoms with Gasteiger partial charge in [0.05, 0.1) is 6.07 Å². The fraction of sp³-hybridized carbons (Fsp3) is 0.462. The van der Waals surface area contributed by atoms with E-state index in [9.17, 15) is 0 Å². The lowest BCUT2D eigenvalue weighted by Gasteiger charge is -2.35. The maximum atomic E-state index is 8.56. The van der Waals surface area contributed by atoms with Crippen LogP contribution in [0.15, 0.2) is 24.3 Å². The molecule has 0 aromatic heterocycles. The van der Waals surface area contributed by atoms with Gasteiger partial charge < -0.3 is 4.90 Å². The summed E-state index contributed by atoms with van der Waals surface area (Å²) in [6, 6.07) is 10.2. The Hall–Kier alpha value is -0.950. The highest BCUT2D eigenvalue weighted by Gasteiger charge is 2.16. The monoisotopic (exact) mass is 285 g/mol. The van der Waals surface area contributed by atoms with E-state index < -0.39 is 0 Å². The number of nitrogens with zero attached hydrogens (tertiary/aromatic N) is 3. The highest BCUT2D eigenvalue weighted by atomic mass is 35.5. The van der Waals surface area contributed by atoms with Gasteiger partial charge in [-0.15, -0.1) is 12.4 Å². The number of nitriles is 1. The second-order valence-corrected chi connectivity index (χ2v) is 4.65. The van der Waals surface area contributed by atoms with Crippen molar-refractivity contribution >= 4 is 29.7 Å². The first-order chi connectivity index (χ1) is 8.29. The lowest BCUT2D eigenvalue weighted by atomic mass is 10.2. The van der Waals surface area contributed by atoms with Gasteiger partial charge in [0.2, 0.25) is 0 Å². The highest BCUT2D eigenvalue weighted by molar-refractivity contribution is 6.30. The van der Waals surface area contributed by atoms with Crippen molar-refractivity contribution < 1.29 is 0 Å². The van der Waals surface area contributed by atoms with E-state index in [0.29, 0.717) is 6.42 Å². The average molecular weight is 286 g/mol. The van der Waals surface area contributed by atoms with E-state index in [-0.39, 0.29) is 12.4 Å². The Kier molecular flexibility index (Phi) is 6.28. The van der Waals surface area contributed by atoms with E-state index in [1.54, 1.807) is 0 Å². The Morgan fingerprint density at radius 3 is 2.56 bits per heavy atom. The van der Waals surface area contributed by atoms with Crippen LogP contribution >= 0.6 is 24.0 Å². The van der Waals surface area contributed by atoms with E-state index in [1.807, 2.05) is 18.2 Å². The van der Waals surface area contributed by atoms with Gasteiger partial charge in [-0.05, 0) is 18.2 Å². The number of hydrogen-bond donors (Lipinski definition) is 0. The fourth-order valence-electron chi connectivity index (χ4n) is 2.11. The van der Waals surface area contributed by atoms with Crippen molar-refractivity contribution in [3.63, 3.8) is 0 Å². The van der Waals surface area contributed by atoms with Crippen LogP contribution in [-0.2, 0) is 0 Å². The summed E-state index contributed by atoms with van der Waals surface area (Å²) in [5, 5.41) is 9.34. The summed E-state index contributed by atoms with van der Waals surface area (Å²) < 4.78 is 0. The summed E-state index contributed by atoms with van der Waals surface area (Å²) in [5.41, 5.74) is 1.19. The van der Waals surface area contributed by atoms with Crippen LogP contribution < -0.4 is 4.90 Å². The third-order valence-corrected chi connectivity index (χ3v) is 3.32. The average Bonchev–Trinajstić information content (AvgIpc) is 2.37. The third-order valence-electron chi connectivity index (χ3n) is 3.09. The molecule has 1 heterocycles. The summed E-state index contributed by atoms with van der Waals surface area (Å²) in [6.45, 7) is 4.94. The van der Waals surface area contributed by atoms with Crippen LogP contribution in [-0.4, -0.2) is 37.6 Å². The topological polar surface area (TPSA) is 30.3 Å². The Labute approximate surface area is 119 Å². The zero-order chi connectivity index (χ0) is 12.1. The third kappa shape index (κ3) is 4.06. The van der Waals surface area contributed by atoms with E-state index in [2.05, 4.69) is 21.9 Å². The molecule has 0 spiro atoms. The second kappa shape index (κ2) is 7.48. The predicted molar refractivity (Wildman–Crippen MR) is 77.6 cm³/mol. The lowest BCUT2D eigenvalue weighted by Crippen LogP contribution is -2.46. The van der Waals surface area contributed by atoms with Gasteiger partial charge in [-0.25, -0.2) is 0 Å². The normalized spacial score (nSPS) is 15.9. The second-order valence-electron chi connectivity index (χ2n) is 4.22. The molecule has 18 heavy (non-hydrogen) atoms. The van der Waals surface area contributed by atoms with Crippen LogP contribution in [0.25, 0.3) is 0 Å². The van der Waals surface area contributed by atoms with Gasteiger partial charge in [0.15, 0.2) is 0 Å². The fourth-order valence-corrected chi connectivity index (χ4v) is 2.30. The molecule has 0 radical (unpaired) electrons. The molecule has 0 atom stereocenters. The number of piperazine rings is 1. The van der Waals surface area contributed by atoms with Crippen LogP contribution in [0.3, 0.4) is 0 Å². The molecule has 0 amide bonds. The molecule has 0 unspecified atom stereocenters. The molecule has 0 aliphatic carbocycles. The Balaban J connectivity index is 0.00000162. The standard InChI is InChI=1S/C13H16ClN3.ClH/c14-12-3-1-4-13(11-12)17-9-7-16(8-10-17)6-2-5-15;/h1,3-4,11H,2,6-10H2;1H. The van der Waals surface area contributed by atoms with Gasteiger partial charge in [0.1, 0.15) is 0 Å². The Bertz CT molecular complexity index is 409. The number of hydrogen-bond acceptors (Lipinski definition) is 3.